The fraction of sp³-hybridized carbons (Fsp3) is 0.550. The van der Waals surface area contributed by atoms with Crippen molar-refractivity contribution in [3.05, 3.63) is 28.8 Å². The van der Waals surface area contributed by atoms with Crippen LogP contribution in [0.15, 0.2) is 23.3 Å². The maximum absolute atomic E-state index is 12.7. The highest BCUT2D eigenvalue weighted by Crippen LogP contribution is 2.29. The van der Waals surface area contributed by atoms with Crippen molar-refractivity contribution < 1.29 is 14.3 Å². The first-order valence-electron chi connectivity index (χ1n) is 9.48. The number of aryl methyl sites for hydroxylation is 1. The molecule has 0 atom stereocenters. The van der Waals surface area contributed by atoms with Crippen LogP contribution in [-0.4, -0.2) is 36.2 Å². The lowest BCUT2D eigenvalue weighted by Gasteiger charge is -2.10. The van der Waals surface area contributed by atoms with E-state index in [4.69, 9.17) is 9.47 Å². The molecule has 0 aliphatic heterocycles. The van der Waals surface area contributed by atoms with Crippen LogP contribution in [0.25, 0.3) is 10.9 Å². The predicted octanol–water partition coefficient (Wildman–Crippen LogP) is 2.89. The van der Waals surface area contributed by atoms with Gasteiger partial charge in [0.1, 0.15) is 0 Å². The van der Waals surface area contributed by atoms with Crippen LogP contribution in [0.4, 0.5) is 0 Å². The fourth-order valence-electron chi connectivity index (χ4n) is 2.92. The summed E-state index contributed by atoms with van der Waals surface area (Å²) >= 11 is 0. The minimum atomic E-state index is -0.152. The molecule has 0 fully saturated rings. The molecule has 7 nitrogen and oxygen atoms in total. The minimum Gasteiger partial charge on any atom is -0.493 e. The molecule has 1 aromatic carbocycles. The molecule has 1 heterocycles. The molecule has 0 radical (unpaired) electrons. The lowest BCUT2D eigenvalue weighted by molar-refractivity contribution is -0.121. The summed E-state index contributed by atoms with van der Waals surface area (Å²) in [7, 11) is 3.07. The van der Waals surface area contributed by atoms with Crippen molar-refractivity contribution in [2.75, 3.05) is 20.8 Å². The molecule has 1 amide bonds. The molecule has 0 spiro atoms. The quantitative estimate of drug-likeness (QED) is 0.611. The summed E-state index contributed by atoms with van der Waals surface area (Å²) in [6, 6.07) is 3.33. The van der Waals surface area contributed by atoms with E-state index in [0.717, 1.165) is 19.4 Å². The van der Waals surface area contributed by atoms with Gasteiger partial charge < -0.3 is 14.8 Å². The smallest absolute Gasteiger partial charge is 0.261 e. The van der Waals surface area contributed by atoms with E-state index in [1.807, 2.05) is 0 Å². The van der Waals surface area contributed by atoms with Crippen LogP contribution >= 0.6 is 0 Å². The van der Waals surface area contributed by atoms with Gasteiger partial charge in [-0.1, -0.05) is 26.2 Å². The maximum atomic E-state index is 12.7. The molecular formula is C20H29N3O4. The van der Waals surface area contributed by atoms with Gasteiger partial charge in [-0.3, -0.25) is 14.2 Å². The van der Waals surface area contributed by atoms with E-state index in [0.29, 0.717) is 41.8 Å². The second-order valence-electron chi connectivity index (χ2n) is 6.48. The average Bonchev–Trinajstić information content (AvgIpc) is 2.68. The number of nitrogens with one attached hydrogen (secondary N) is 1. The summed E-state index contributed by atoms with van der Waals surface area (Å²) < 4.78 is 12.0. The molecule has 7 heteroatoms. The third-order valence-electron chi connectivity index (χ3n) is 4.48. The zero-order chi connectivity index (χ0) is 19.6. The molecule has 0 aliphatic rings. The molecule has 148 valence electrons. The van der Waals surface area contributed by atoms with E-state index in [2.05, 4.69) is 17.2 Å². The number of unbranched alkanes of at least 4 members (excludes halogenated alkanes) is 3. The van der Waals surface area contributed by atoms with Gasteiger partial charge in [0, 0.05) is 25.6 Å². The van der Waals surface area contributed by atoms with E-state index < -0.39 is 0 Å². The molecule has 1 aromatic heterocycles. The SMILES string of the molecule is CCCCCCNC(=O)CCCn1cnc2cc(OC)c(OC)cc2c1=O. The second-order valence-corrected chi connectivity index (χ2v) is 6.48. The summed E-state index contributed by atoms with van der Waals surface area (Å²) in [6.45, 7) is 3.33. The lowest BCUT2D eigenvalue weighted by Crippen LogP contribution is -2.25. The Labute approximate surface area is 159 Å². The predicted molar refractivity (Wildman–Crippen MR) is 105 cm³/mol. The van der Waals surface area contributed by atoms with Crippen LogP contribution in [0.1, 0.15) is 45.4 Å². The molecule has 27 heavy (non-hydrogen) atoms. The molecule has 0 aliphatic carbocycles. The first-order chi connectivity index (χ1) is 13.1. The Kier molecular flexibility index (Phi) is 8.10. The van der Waals surface area contributed by atoms with Gasteiger partial charge in [0.25, 0.3) is 5.56 Å². The first-order valence-corrected chi connectivity index (χ1v) is 9.48. The number of hydrogen-bond donors (Lipinski definition) is 1. The third-order valence-corrected chi connectivity index (χ3v) is 4.48. The lowest BCUT2D eigenvalue weighted by atomic mass is 10.2. The number of rotatable bonds is 11. The van der Waals surface area contributed by atoms with E-state index in [1.54, 1.807) is 19.2 Å². The van der Waals surface area contributed by atoms with Crippen LogP contribution < -0.4 is 20.3 Å². The molecule has 2 rings (SSSR count). The molecule has 0 saturated heterocycles. The van der Waals surface area contributed by atoms with Gasteiger partial charge in [-0.25, -0.2) is 4.98 Å². The van der Waals surface area contributed by atoms with Crippen LogP contribution in [0.3, 0.4) is 0 Å². The number of aromatic nitrogens is 2. The largest absolute Gasteiger partial charge is 0.493 e. The topological polar surface area (TPSA) is 82.5 Å². The summed E-state index contributed by atoms with van der Waals surface area (Å²) in [5.41, 5.74) is 0.402. The standard InChI is InChI=1S/C20H29N3O4/c1-4-5-6-7-10-21-19(24)9-8-11-23-14-22-16-13-18(27-3)17(26-2)12-15(16)20(23)25/h12-14H,4-11H2,1-3H3,(H,21,24). The summed E-state index contributed by atoms with van der Waals surface area (Å²) in [6.07, 6.45) is 7.03. The Morgan fingerprint density at radius 2 is 1.85 bits per heavy atom. The van der Waals surface area contributed by atoms with Gasteiger partial charge in [0.2, 0.25) is 5.91 Å². The van der Waals surface area contributed by atoms with Crippen LogP contribution in [-0.2, 0) is 11.3 Å². The Balaban J connectivity index is 1.94. The van der Waals surface area contributed by atoms with E-state index in [-0.39, 0.29) is 11.5 Å². The van der Waals surface area contributed by atoms with Crippen molar-refractivity contribution in [1.29, 1.82) is 0 Å². The minimum absolute atomic E-state index is 0.0275. The van der Waals surface area contributed by atoms with Gasteiger partial charge in [0.05, 0.1) is 31.4 Å². The van der Waals surface area contributed by atoms with Crippen molar-refractivity contribution in [2.24, 2.45) is 0 Å². The van der Waals surface area contributed by atoms with Gasteiger partial charge in [-0.2, -0.15) is 0 Å². The number of carbonyl (C=O) groups is 1. The van der Waals surface area contributed by atoms with E-state index in [1.165, 1.54) is 30.8 Å². The Hall–Kier alpha value is -2.57. The van der Waals surface area contributed by atoms with Crippen molar-refractivity contribution in [3.63, 3.8) is 0 Å². The number of benzene rings is 1. The zero-order valence-corrected chi connectivity index (χ0v) is 16.4. The van der Waals surface area contributed by atoms with Crippen molar-refractivity contribution in [3.8, 4) is 11.5 Å². The molecule has 2 aromatic rings. The monoisotopic (exact) mass is 375 g/mol. The molecule has 0 saturated carbocycles. The average molecular weight is 375 g/mol. The Morgan fingerprint density at radius 3 is 2.56 bits per heavy atom. The van der Waals surface area contributed by atoms with Crippen molar-refractivity contribution >= 4 is 16.8 Å². The number of nitrogens with zero attached hydrogens (tertiary/aromatic N) is 2. The highest BCUT2D eigenvalue weighted by Gasteiger charge is 2.11. The van der Waals surface area contributed by atoms with Crippen LogP contribution in [0, 0.1) is 0 Å². The number of carbonyl (C=O) groups excluding carboxylic acids is 1. The maximum Gasteiger partial charge on any atom is 0.261 e. The van der Waals surface area contributed by atoms with Gasteiger partial charge in [-0.15, -0.1) is 0 Å². The molecule has 0 bridgehead atoms. The highest BCUT2D eigenvalue weighted by atomic mass is 16.5. The van der Waals surface area contributed by atoms with E-state index in [9.17, 15) is 9.59 Å². The third kappa shape index (κ3) is 5.70. The number of ether oxygens (including phenoxy) is 2. The molecular weight excluding hydrogens is 346 g/mol. The highest BCUT2D eigenvalue weighted by molar-refractivity contribution is 5.81. The molecule has 1 N–H and O–H groups in total. The van der Waals surface area contributed by atoms with Crippen molar-refractivity contribution in [1.82, 2.24) is 14.9 Å². The molecule has 0 unspecified atom stereocenters. The summed E-state index contributed by atoms with van der Waals surface area (Å²) in [5.74, 6) is 1.05. The fourth-order valence-corrected chi connectivity index (χ4v) is 2.92. The van der Waals surface area contributed by atoms with Gasteiger partial charge in [0.15, 0.2) is 11.5 Å². The summed E-state index contributed by atoms with van der Waals surface area (Å²) in [4.78, 5) is 28.9. The van der Waals surface area contributed by atoms with Crippen LogP contribution in [0.2, 0.25) is 0 Å². The van der Waals surface area contributed by atoms with Gasteiger partial charge >= 0.3 is 0 Å². The normalized spacial score (nSPS) is 10.8. The summed E-state index contributed by atoms with van der Waals surface area (Å²) in [5, 5.41) is 3.40. The van der Waals surface area contributed by atoms with Crippen LogP contribution in [0.5, 0.6) is 11.5 Å². The zero-order valence-electron chi connectivity index (χ0n) is 16.4. The number of hydrogen-bond acceptors (Lipinski definition) is 5. The number of fused-ring (bicyclic) bond motifs is 1. The number of amides is 1. The first kappa shape index (κ1) is 20.7. The Bertz CT molecular complexity index is 817. The van der Waals surface area contributed by atoms with Crippen molar-refractivity contribution in [2.45, 2.75) is 52.0 Å². The van der Waals surface area contributed by atoms with Gasteiger partial charge in [-0.05, 0) is 18.9 Å². The second kappa shape index (κ2) is 10.5. The van der Waals surface area contributed by atoms with E-state index >= 15 is 0 Å². The Morgan fingerprint density at radius 1 is 1.11 bits per heavy atom. The number of methoxy groups -OCH3 is 2.